The Morgan fingerprint density at radius 3 is 2.23 bits per heavy atom. The summed E-state index contributed by atoms with van der Waals surface area (Å²) in [6.45, 7) is 2.98. The number of carbonyl (C=O) groups is 2. The molecule has 0 bridgehead atoms. The van der Waals surface area contributed by atoms with Gasteiger partial charge < -0.3 is 4.57 Å². The monoisotopic (exact) mass is 391 g/mol. The van der Waals surface area contributed by atoms with E-state index in [9.17, 15) is 9.59 Å². The van der Waals surface area contributed by atoms with Crippen molar-refractivity contribution in [2.45, 2.75) is 19.9 Å². The lowest BCUT2D eigenvalue weighted by atomic mass is 9.96. The van der Waals surface area contributed by atoms with E-state index in [0.717, 1.165) is 39.1 Å². The average Bonchev–Trinajstić information content (AvgIpc) is 3.11. The van der Waals surface area contributed by atoms with E-state index in [1.54, 1.807) is 6.07 Å². The number of ketones is 2. The molecule has 0 radical (unpaired) electrons. The van der Waals surface area contributed by atoms with Gasteiger partial charge in [-0.25, -0.2) is 0 Å². The third kappa shape index (κ3) is 2.91. The van der Waals surface area contributed by atoms with Gasteiger partial charge in [-0.3, -0.25) is 9.59 Å². The van der Waals surface area contributed by atoms with Crippen molar-refractivity contribution in [3.63, 3.8) is 0 Å². The second-order valence-electron chi connectivity index (χ2n) is 7.54. The van der Waals surface area contributed by atoms with E-state index >= 15 is 0 Å². The van der Waals surface area contributed by atoms with Crippen LogP contribution in [0.1, 0.15) is 34.1 Å². The van der Waals surface area contributed by atoms with Crippen molar-refractivity contribution in [1.29, 1.82) is 0 Å². The zero-order valence-corrected chi connectivity index (χ0v) is 16.8. The minimum atomic E-state index is -0.150. The molecule has 0 saturated heterocycles. The van der Waals surface area contributed by atoms with E-state index in [1.165, 1.54) is 0 Å². The zero-order valence-electron chi connectivity index (χ0n) is 16.8. The molecule has 0 atom stereocenters. The molecule has 4 aromatic carbocycles. The Kier molecular flexibility index (Phi) is 4.44. The Labute approximate surface area is 174 Å². The summed E-state index contributed by atoms with van der Waals surface area (Å²) in [4.78, 5) is 25.9. The van der Waals surface area contributed by atoms with Crippen molar-refractivity contribution in [2.75, 3.05) is 0 Å². The van der Waals surface area contributed by atoms with Crippen LogP contribution >= 0.6 is 0 Å². The molecule has 1 aromatic heterocycles. The second-order valence-corrected chi connectivity index (χ2v) is 7.54. The average molecular weight is 391 g/mol. The van der Waals surface area contributed by atoms with E-state index in [4.69, 9.17) is 0 Å². The van der Waals surface area contributed by atoms with Crippen LogP contribution in [-0.2, 0) is 6.54 Å². The molecule has 0 aliphatic rings. The topological polar surface area (TPSA) is 39.1 Å². The van der Waals surface area contributed by atoms with Crippen LogP contribution in [0.25, 0.3) is 32.6 Å². The summed E-state index contributed by atoms with van der Waals surface area (Å²) in [5.41, 5.74) is 3.45. The first-order chi connectivity index (χ1) is 14.7. The number of hydrogen-bond acceptors (Lipinski definition) is 2. The van der Waals surface area contributed by atoms with Gasteiger partial charge in [0, 0.05) is 39.5 Å². The van der Waals surface area contributed by atoms with Gasteiger partial charge in [0.15, 0.2) is 11.6 Å². The maximum absolute atomic E-state index is 13.0. The standard InChI is InChI=1S/C27H21NO2/c1-2-28-24-13-6-5-11-21(24)23-16-19(14-15-25(23)28)26(29)17-27(30)22-12-7-9-18-8-3-4-10-20(18)22/h3-16H,2,17H2,1H3. The Bertz CT molecular complexity index is 1440. The van der Waals surface area contributed by atoms with Gasteiger partial charge in [-0.2, -0.15) is 0 Å². The van der Waals surface area contributed by atoms with Crippen molar-refractivity contribution in [3.05, 3.63) is 96.1 Å². The molecule has 0 N–H and O–H groups in total. The molecule has 0 fully saturated rings. The largest absolute Gasteiger partial charge is 0.341 e. The fourth-order valence-corrected chi connectivity index (χ4v) is 4.38. The molecular formula is C27H21NO2. The number of nitrogens with zero attached hydrogens (tertiary/aromatic N) is 1. The number of aromatic nitrogens is 1. The van der Waals surface area contributed by atoms with E-state index < -0.39 is 0 Å². The summed E-state index contributed by atoms with van der Waals surface area (Å²) < 4.78 is 2.25. The lowest BCUT2D eigenvalue weighted by Crippen LogP contribution is -2.09. The van der Waals surface area contributed by atoms with Gasteiger partial charge in [-0.15, -0.1) is 0 Å². The van der Waals surface area contributed by atoms with Gasteiger partial charge in [0.2, 0.25) is 0 Å². The number of benzene rings is 4. The first-order valence-corrected chi connectivity index (χ1v) is 10.2. The van der Waals surface area contributed by atoms with Gasteiger partial charge in [0.1, 0.15) is 0 Å². The minimum absolute atomic E-state index is 0.133. The predicted molar refractivity (Wildman–Crippen MR) is 122 cm³/mol. The molecule has 5 aromatic rings. The summed E-state index contributed by atoms with van der Waals surface area (Å²) in [5, 5.41) is 4.07. The molecule has 146 valence electrons. The molecule has 1 heterocycles. The normalized spacial score (nSPS) is 11.4. The molecular weight excluding hydrogens is 370 g/mol. The lowest BCUT2D eigenvalue weighted by molar-refractivity contribution is 0.0895. The SMILES string of the molecule is CCn1c2ccccc2c2cc(C(=O)CC(=O)c3cccc4ccccc34)ccc21. The fraction of sp³-hybridized carbons (Fsp3) is 0.111. The third-order valence-electron chi connectivity index (χ3n) is 5.82. The molecule has 0 amide bonds. The van der Waals surface area contributed by atoms with Crippen LogP contribution in [0.5, 0.6) is 0 Å². The molecule has 0 unspecified atom stereocenters. The molecule has 0 aliphatic heterocycles. The van der Waals surface area contributed by atoms with Gasteiger partial charge >= 0.3 is 0 Å². The van der Waals surface area contributed by atoms with E-state index in [1.807, 2.05) is 66.7 Å². The van der Waals surface area contributed by atoms with Crippen molar-refractivity contribution in [2.24, 2.45) is 0 Å². The smallest absolute Gasteiger partial charge is 0.171 e. The molecule has 0 saturated carbocycles. The summed E-state index contributed by atoms with van der Waals surface area (Å²) in [6, 6.07) is 27.4. The maximum Gasteiger partial charge on any atom is 0.171 e. The maximum atomic E-state index is 13.0. The van der Waals surface area contributed by atoms with Crippen molar-refractivity contribution >= 4 is 44.1 Å². The molecule has 3 heteroatoms. The fourth-order valence-electron chi connectivity index (χ4n) is 4.38. The van der Waals surface area contributed by atoms with E-state index in [-0.39, 0.29) is 18.0 Å². The molecule has 30 heavy (non-hydrogen) atoms. The number of para-hydroxylation sites is 1. The Balaban J connectivity index is 1.52. The minimum Gasteiger partial charge on any atom is -0.341 e. The van der Waals surface area contributed by atoms with Crippen molar-refractivity contribution in [1.82, 2.24) is 4.57 Å². The number of aryl methyl sites for hydroxylation is 1. The highest BCUT2D eigenvalue weighted by Gasteiger charge is 2.17. The van der Waals surface area contributed by atoms with Gasteiger partial charge in [0.25, 0.3) is 0 Å². The van der Waals surface area contributed by atoms with Crippen molar-refractivity contribution < 1.29 is 9.59 Å². The van der Waals surface area contributed by atoms with Crippen LogP contribution in [0.2, 0.25) is 0 Å². The van der Waals surface area contributed by atoms with Crippen LogP contribution in [0.4, 0.5) is 0 Å². The van der Waals surface area contributed by atoms with E-state index in [2.05, 4.69) is 23.6 Å². The number of carbonyl (C=O) groups excluding carboxylic acids is 2. The van der Waals surface area contributed by atoms with Crippen LogP contribution < -0.4 is 0 Å². The number of fused-ring (bicyclic) bond motifs is 4. The Hall–Kier alpha value is -3.72. The third-order valence-corrected chi connectivity index (χ3v) is 5.82. The van der Waals surface area contributed by atoms with Crippen LogP contribution in [0.15, 0.2) is 84.9 Å². The number of hydrogen-bond donors (Lipinski definition) is 0. The van der Waals surface area contributed by atoms with Gasteiger partial charge in [-0.1, -0.05) is 60.7 Å². The highest BCUT2D eigenvalue weighted by atomic mass is 16.1. The summed E-state index contributed by atoms with van der Waals surface area (Å²) in [5.74, 6) is -0.295. The molecule has 0 aliphatic carbocycles. The summed E-state index contributed by atoms with van der Waals surface area (Å²) >= 11 is 0. The zero-order chi connectivity index (χ0) is 20.7. The summed E-state index contributed by atoms with van der Waals surface area (Å²) in [7, 11) is 0. The molecule has 3 nitrogen and oxygen atoms in total. The predicted octanol–water partition coefficient (Wildman–Crippen LogP) is 6.42. The van der Waals surface area contributed by atoms with Crippen LogP contribution in [-0.4, -0.2) is 16.1 Å². The highest BCUT2D eigenvalue weighted by Crippen LogP contribution is 2.30. The highest BCUT2D eigenvalue weighted by molar-refractivity contribution is 6.19. The Morgan fingerprint density at radius 2 is 1.40 bits per heavy atom. The summed E-state index contributed by atoms with van der Waals surface area (Å²) in [6.07, 6.45) is -0.133. The van der Waals surface area contributed by atoms with Crippen molar-refractivity contribution in [3.8, 4) is 0 Å². The molecule has 5 rings (SSSR count). The second kappa shape index (κ2) is 7.27. The number of Topliss-reactive ketones (excluding diaryl/α,β-unsaturated/α-hetero) is 2. The molecule has 0 spiro atoms. The lowest BCUT2D eigenvalue weighted by Gasteiger charge is -2.06. The van der Waals surface area contributed by atoms with Crippen LogP contribution in [0.3, 0.4) is 0 Å². The van der Waals surface area contributed by atoms with Gasteiger partial charge in [0.05, 0.1) is 6.42 Å². The Morgan fingerprint density at radius 1 is 0.700 bits per heavy atom. The number of rotatable bonds is 5. The first-order valence-electron chi connectivity index (χ1n) is 10.2. The van der Waals surface area contributed by atoms with E-state index in [0.29, 0.717) is 11.1 Å². The van der Waals surface area contributed by atoms with Crippen LogP contribution in [0, 0.1) is 0 Å². The quantitative estimate of drug-likeness (QED) is 0.256. The first kappa shape index (κ1) is 18.3. The van der Waals surface area contributed by atoms with Gasteiger partial charge in [-0.05, 0) is 42.0 Å².